The molecule has 1 unspecified atom stereocenters. The number of aryl methyl sites for hydroxylation is 1. The Labute approximate surface area is 155 Å². The van der Waals surface area contributed by atoms with Crippen LogP contribution in [0.1, 0.15) is 27.9 Å². The SMILES string of the molecule is Cc1ncc2c(c1O)COC2(c1ccccc1)c1cccc(Cl)c1Cl. The number of halogens is 2. The first-order valence-corrected chi connectivity index (χ1v) is 8.63. The van der Waals surface area contributed by atoms with Crippen molar-refractivity contribution in [2.75, 3.05) is 0 Å². The van der Waals surface area contributed by atoms with Gasteiger partial charge in [-0.1, -0.05) is 65.7 Å². The Morgan fingerprint density at radius 3 is 2.56 bits per heavy atom. The van der Waals surface area contributed by atoms with E-state index in [4.69, 9.17) is 27.9 Å². The average molecular weight is 372 g/mol. The minimum absolute atomic E-state index is 0.161. The number of benzene rings is 2. The van der Waals surface area contributed by atoms with Gasteiger partial charge in [0.15, 0.2) is 0 Å². The lowest BCUT2D eigenvalue weighted by Crippen LogP contribution is -2.29. The van der Waals surface area contributed by atoms with Crippen LogP contribution in [0.25, 0.3) is 0 Å². The van der Waals surface area contributed by atoms with Crippen LogP contribution >= 0.6 is 23.2 Å². The van der Waals surface area contributed by atoms with E-state index in [9.17, 15) is 5.11 Å². The Morgan fingerprint density at radius 1 is 1.04 bits per heavy atom. The van der Waals surface area contributed by atoms with Gasteiger partial charge in [0, 0.05) is 22.9 Å². The molecule has 0 bridgehead atoms. The first kappa shape index (κ1) is 16.4. The Morgan fingerprint density at radius 2 is 1.80 bits per heavy atom. The van der Waals surface area contributed by atoms with Crippen LogP contribution in [0.3, 0.4) is 0 Å². The molecule has 3 nitrogen and oxygen atoms in total. The molecule has 25 heavy (non-hydrogen) atoms. The summed E-state index contributed by atoms with van der Waals surface area (Å²) in [5.74, 6) is 0.161. The minimum atomic E-state index is -0.962. The smallest absolute Gasteiger partial charge is 0.147 e. The van der Waals surface area contributed by atoms with Crippen molar-refractivity contribution in [2.45, 2.75) is 19.1 Å². The van der Waals surface area contributed by atoms with E-state index in [1.807, 2.05) is 42.5 Å². The van der Waals surface area contributed by atoms with Gasteiger partial charge in [0.05, 0.1) is 22.3 Å². The summed E-state index contributed by atoms with van der Waals surface area (Å²) in [5.41, 5.74) is 2.76. The summed E-state index contributed by atoms with van der Waals surface area (Å²) >= 11 is 12.8. The topological polar surface area (TPSA) is 42.4 Å². The van der Waals surface area contributed by atoms with Gasteiger partial charge in [-0.25, -0.2) is 0 Å². The number of rotatable bonds is 2. The summed E-state index contributed by atoms with van der Waals surface area (Å²) in [4.78, 5) is 4.34. The van der Waals surface area contributed by atoms with E-state index < -0.39 is 5.60 Å². The third-order valence-electron chi connectivity index (χ3n) is 4.66. The lowest BCUT2D eigenvalue weighted by atomic mass is 9.80. The Bertz CT molecular complexity index is 959. The fourth-order valence-electron chi connectivity index (χ4n) is 3.42. The van der Waals surface area contributed by atoms with Crippen molar-refractivity contribution in [2.24, 2.45) is 0 Å². The number of pyridine rings is 1. The molecule has 0 radical (unpaired) electrons. The van der Waals surface area contributed by atoms with E-state index in [0.717, 1.165) is 22.3 Å². The van der Waals surface area contributed by atoms with Crippen molar-refractivity contribution >= 4 is 23.2 Å². The van der Waals surface area contributed by atoms with Crippen LogP contribution in [-0.2, 0) is 16.9 Å². The molecule has 1 aliphatic heterocycles. The highest BCUT2D eigenvalue weighted by atomic mass is 35.5. The molecule has 4 rings (SSSR count). The lowest BCUT2D eigenvalue weighted by molar-refractivity contribution is 0.0264. The minimum Gasteiger partial charge on any atom is -0.506 e. The molecule has 1 atom stereocenters. The largest absolute Gasteiger partial charge is 0.506 e. The monoisotopic (exact) mass is 371 g/mol. The fraction of sp³-hybridized carbons (Fsp3) is 0.150. The fourth-order valence-corrected chi connectivity index (χ4v) is 3.85. The van der Waals surface area contributed by atoms with E-state index >= 15 is 0 Å². The molecule has 1 aliphatic rings. The summed E-state index contributed by atoms with van der Waals surface area (Å²) in [5, 5.41) is 11.4. The van der Waals surface area contributed by atoms with Crippen molar-refractivity contribution in [1.82, 2.24) is 4.98 Å². The summed E-state index contributed by atoms with van der Waals surface area (Å²) in [6.45, 7) is 2.03. The molecule has 126 valence electrons. The number of hydrogen-bond acceptors (Lipinski definition) is 3. The summed E-state index contributed by atoms with van der Waals surface area (Å²) in [6.07, 6.45) is 1.75. The van der Waals surface area contributed by atoms with Crippen LogP contribution in [0, 0.1) is 6.92 Å². The van der Waals surface area contributed by atoms with Crippen LogP contribution < -0.4 is 0 Å². The number of aromatic hydroxyl groups is 1. The van der Waals surface area contributed by atoms with Gasteiger partial charge in [0.1, 0.15) is 11.4 Å². The number of aromatic nitrogens is 1. The van der Waals surface area contributed by atoms with Crippen LogP contribution in [0.15, 0.2) is 54.7 Å². The maximum atomic E-state index is 10.5. The first-order valence-electron chi connectivity index (χ1n) is 7.87. The lowest BCUT2D eigenvalue weighted by Gasteiger charge is -2.31. The highest BCUT2D eigenvalue weighted by Crippen LogP contribution is 2.51. The Balaban J connectivity index is 2.08. The van der Waals surface area contributed by atoms with E-state index in [1.165, 1.54) is 0 Å². The third kappa shape index (κ3) is 2.35. The Hall–Kier alpha value is -2.07. The van der Waals surface area contributed by atoms with Gasteiger partial charge >= 0.3 is 0 Å². The van der Waals surface area contributed by atoms with Crippen molar-refractivity contribution in [3.63, 3.8) is 0 Å². The molecule has 0 spiro atoms. The zero-order chi connectivity index (χ0) is 17.6. The molecule has 0 aliphatic carbocycles. The van der Waals surface area contributed by atoms with Crippen LogP contribution in [0.4, 0.5) is 0 Å². The molecule has 0 saturated carbocycles. The number of fused-ring (bicyclic) bond motifs is 1. The molecule has 2 aromatic carbocycles. The molecule has 5 heteroatoms. The standard InChI is InChI=1S/C20H15Cl2NO2/c1-12-19(24)14-11-25-20(16(14)10-23-12,13-6-3-2-4-7-13)15-8-5-9-17(21)18(15)22/h2-10,24H,11H2,1H3. The molecular weight excluding hydrogens is 357 g/mol. The predicted octanol–water partition coefficient (Wildman–Crippen LogP) is 5.22. The van der Waals surface area contributed by atoms with Gasteiger partial charge in [0.25, 0.3) is 0 Å². The second kappa shape index (κ2) is 6.03. The van der Waals surface area contributed by atoms with Gasteiger partial charge in [0.2, 0.25) is 0 Å². The highest BCUT2D eigenvalue weighted by molar-refractivity contribution is 6.42. The summed E-state index contributed by atoms with van der Waals surface area (Å²) < 4.78 is 6.31. The molecule has 0 fully saturated rings. The van der Waals surface area contributed by atoms with Gasteiger partial charge in [-0.05, 0) is 18.6 Å². The first-order chi connectivity index (χ1) is 12.1. The molecule has 0 saturated heterocycles. The van der Waals surface area contributed by atoms with Crippen molar-refractivity contribution in [3.8, 4) is 5.75 Å². The van der Waals surface area contributed by atoms with E-state index in [2.05, 4.69) is 4.98 Å². The van der Waals surface area contributed by atoms with Gasteiger partial charge in [-0.15, -0.1) is 0 Å². The molecule has 3 aromatic rings. The average Bonchev–Trinajstić information content (AvgIpc) is 3.02. The predicted molar refractivity (Wildman–Crippen MR) is 98.2 cm³/mol. The van der Waals surface area contributed by atoms with Crippen molar-refractivity contribution < 1.29 is 9.84 Å². The molecular formula is C20H15Cl2NO2. The Kier molecular flexibility index (Phi) is 3.95. The van der Waals surface area contributed by atoms with Crippen LogP contribution in [0.5, 0.6) is 5.75 Å². The number of nitrogens with zero attached hydrogens (tertiary/aromatic N) is 1. The van der Waals surface area contributed by atoms with Crippen LogP contribution in [0.2, 0.25) is 10.0 Å². The number of hydrogen-bond donors (Lipinski definition) is 1. The quantitative estimate of drug-likeness (QED) is 0.670. The summed E-state index contributed by atoms with van der Waals surface area (Å²) in [7, 11) is 0. The maximum Gasteiger partial charge on any atom is 0.147 e. The van der Waals surface area contributed by atoms with E-state index in [-0.39, 0.29) is 12.4 Å². The van der Waals surface area contributed by atoms with E-state index in [0.29, 0.717) is 15.7 Å². The molecule has 1 N–H and O–H groups in total. The zero-order valence-corrected chi connectivity index (χ0v) is 15.0. The third-order valence-corrected chi connectivity index (χ3v) is 5.48. The molecule has 1 aromatic heterocycles. The highest BCUT2D eigenvalue weighted by Gasteiger charge is 2.46. The maximum absolute atomic E-state index is 10.5. The van der Waals surface area contributed by atoms with Crippen molar-refractivity contribution in [1.29, 1.82) is 0 Å². The molecule has 0 amide bonds. The summed E-state index contributed by atoms with van der Waals surface area (Å²) in [6, 6.07) is 15.3. The van der Waals surface area contributed by atoms with Gasteiger partial charge in [-0.3, -0.25) is 4.98 Å². The second-order valence-electron chi connectivity index (χ2n) is 6.02. The zero-order valence-electron chi connectivity index (χ0n) is 13.5. The van der Waals surface area contributed by atoms with Crippen LogP contribution in [-0.4, -0.2) is 10.1 Å². The van der Waals surface area contributed by atoms with Gasteiger partial charge in [-0.2, -0.15) is 0 Å². The second-order valence-corrected chi connectivity index (χ2v) is 6.81. The molecule has 2 heterocycles. The normalized spacial score (nSPS) is 19.0. The van der Waals surface area contributed by atoms with Gasteiger partial charge < -0.3 is 9.84 Å². The number of ether oxygens (including phenoxy) is 1. The van der Waals surface area contributed by atoms with E-state index in [1.54, 1.807) is 19.2 Å². The van der Waals surface area contributed by atoms with Crippen molar-refractivity contribution in [3.05, 3.63) is 92.7 Å².